The van der Waals surface area contributed by atoms with Crippen molar-refractivity contribution in [2.45, 2.75) is 25.6 Å². The molecule has 1 fully saturated rings. The molecule has 2 amide bonds. The van der Waals surface area contributed by atoms with Crippen LogP contribution in [-0.4, -0.2) is 54.3 Å². The van der Waals surface area contributed by atoms with Crippen LogP contribution in [0.2, 0.25) is 0 Å². The third-order valence-corrected chi connectivity index (χ3v) is 6.87. The van der Waals surface area contributed by atoms with E-state index in [-0.39, 0.29) is 26.2 Å². The van der Waals surface area contributed by atoms with Gasteiger partial charge in [-0.25, -0.2) is 8.42 Å². The maximum Gasteiger partial charge on any atom is 0.247 e. The second kappa shape index (κ2) is 8.87. The first-order valence-corrected chi connectivity index (χ1v) is 12.1. The Kier molecular flexibility index (Phi) is 6.64. The predicted octanol–water partition coefficient (Wildman–Crippen LogP) is 2.13. The number of hydrogen-bond acceptors (Lipinski definition) is 4. The zero-order valence-electron chi connectivity index (χ0n) is 16.8. The molecule has 1 N–H and O–H groups in total. The number of carbonyl (C=O) groups excluding carboxylic acids is 2. The van der Waals surface area contributed by atoms with Crippen LogP contribution in [0.25, 0.3) is 0 Å². The van der Waals surface area contributed by atoms with E-state index in [9.17, 15) is 18.0 Å². The van der Waals surface area contributed by atoms with E-state index in [1.807, 2.05) is 54.6 Å². The zero-order chi connectivity index (χ0) is 21.9. The Morgan fingerprint density at radius 1 is 1.13 bits per heavy atom. The van der Waals surface area contributed by atoms with Crippen LogP contribution < -0.4 is 5.32 Å². The van der Waals surface area contributed by atoms with Crippen molar-refractivity contribution in [1.82, 2.24) is 14.5 Å². The van der Waals surface area contributed by atoms with Crippen LogP contribution in [0.4, 0.5) is 0 Å². The monoisotopic (exact) mass is 493 g/mol. The molecule has 9 heteroatoms. The van der Waals surface area contributed by atoms with Gasteiger partial charge in [-0.2, -0.15) is 4.31 Å². The molecule has 1 atom stereocenters. The number of amides is 2. The lowest BCUT2D eigenvalue weighted by atomic mass is 9.94. The summed E-state index contributed by atoms with van der Waals surface area (Å²) in [6, 6.07) is 16.9. The summed E-state index contributed by atoms with van der Waals surface area (Å²) in [7, 11) is -3.64. The predicted molar refractivity (Wildman–Crippen MR) is 118 cm³/mol. The Hall–Kier alpha value is -2.23. The quantitative estimate of drug-likeness (QED) is 0.667. The second-order valence-electron chi connectivity index (χ2n) is 7.58. The molecule has 0 saturated carbocycles. The molecular formula is C21H24BrN3O4S. The van der Waals surface area contributed by atoms with Crippen molar-refractivity contribution >= 4 is 37.8 Å². The molecule has 0 unspecified atom stereocenters. The molecule has 2 aromatic rings. The number of piperazine rings is 1. The maximum atomic E-state index is 13.2. The van der Waals surface area contributed by atoms with Gasteiger partial charge in [0.15, 0.2) is 0 Å². The Bertz CT molecular complexity index is 1050. The number of carbonyl (C=O) groups is 2. The smallest absolute Gasteiger partial charge is 0.247 e. The number of benzene rings is 2. The Labute approximate surface area is 185 Å². The molecule has 0 bridgehead atoms. The van der Waals surface area contributed by atoms with Crippen molar-refractivity contribution in [3.63, 3.8) is 0 Å². The lowest BCUT2D eigenvalue weighted by Crippen LogP contribution is -2.69. The minimum Gasteiger partial charge on any atom is -0.350 e. The summed E-state index contributed by atoms with van der Waals surface area (Å²) in [5.41, 5.74) is 0.401. The number of nitrogens with zero attached hydrogens (tertiary/aromatic N) is 2. The van der Waals surface area contributed by atoms with Crippen LogP contribution in [0.1, 0.15) is 18.1 Å². The van der Waals surface area contributed by atoms with Crippen LogP contribution in [0.5, 0.6) is 0 Å². The van der Waals surface area contributed by atoms with Gasteiger partial charge in [0, 0.05) is 24.1 Å². The average molecular weight is 494 g/mol. The summed E-state index contributed by atoms with van der Waals surface area (Å²) in [6.45, 7) is 1.71. The summed E-state index contributed by atoms with van der Waals surface area (Å²) in [4.78, 5) is 27.7. The van der Waals surface area contributed by atoms with Crippen molar-refractivity contribution in [2.75, 3.05) is 19.3 Å². The fourth-order valence-electron chi connectivity index (χ4n) is 3.47. The highest BCUT2D eigenvalue weighted by atomic mass is 79.9. The van der Waals surface area contributed by atoms with Crippen molar-refractivity contribution < 1.29 is 18.0 Å². The molecule has 0 spiro atoms. The van der Waals surface area contributed by atoms with E-state index in [0.29, 0.717) is 0 Å². The molecule has 0 aromatic heterocycles. The molecule has 0 aliphatic carbocycles. The summed E-state index contributed by atoms with van der Waals surface area (Å²) in [5.74, 6) is -0.813. The third-order valence-electron chi connectivity index (χ3n) is 5.18. The Morgan fingerprint density at radius 3 is 2.43 bits per heavy atom. The van der Waals surface area contributed by atoms with Gasteiger partial charge in [-0.3, -0.25) is 9.59 Å². The molecule has 1 aliphatic heterocycles. The molecule has 1 heterocycles. The first-order valence-electron chi connectivity index (χ1n) is 9.42. The zero-order valence-corrected chi connectivity index (χ0v) is 19.2. The highest BCUT2D eigenvalue weighted by Gasteiger charge is 2.49. The van der Waals surface area contributed by atoms with E-state index in [0.717, 1.165) is 26.2 Å². The number of hydrogen-bond donors (Lipinski definition) is 1. The van der Waals surface area contributed by atoms with Gasteiger partial charge in [0.1, 0.15) is 5.54 Å². The van der Waals surface area contributed by atoms with E-state index < -0.39 is 27.4 Å². The lowest BCUT2D eigenvalue weighted by Gasteiger charge is -2.46. The van der Waals surface area contributed by atoms with Gasteiger partial charge in [0.25, 0.3) is 0 Å². The minimum atomic E-state index is -3.64. The Morgan fingerprint density at radius 2 is 1.80 bits per heavy atom. The largest absolute Gasteiger partial charge is 0.350 e. The van der Waals surface area contributed by atoms with Crippen molar-refractivity contribution in [2.24, 2.45) is 0 Å². The SMILES string of the molecule is C[C@]1(C(=O)NCc2ccccc2)CN(S(C)(=O)=O)CC(=O)N1Cc1cccc(Br)c1. The summed E-state index contributed by atoms with van der Waals surface area (Å²) >= 11 is 3.42. The summed E-state index contributed by atoms with van der Waals surface area (Å²) in [6.07, 6.45) is 1.05. The van der Waals surface area contributed by atoms with Crippen LogP contribution in [0.15, 0.2) is 59.1 Å². The van der Waals surface area contributed by atoms with E-state index in [1.54, 1.807) is 6.92 Å². The fourth-order valence-corrected chi connectivity index (χ4v) is 4.75. The molecule has 7 nitrogen and oxygen atoms in total. The molecule has 2 aromatic carbocycles. The van der Waals surface area contributed by atoms with Gasteiger partial charge in [-0.05, 0) is 30.2 Å². The van der Waals surface area contributed by atoms with Crippen LogP contribution in [-0.2, 0) is 32.7 Å². The first kappa shape index (κ1) is 22.5. The molecule has 1 aliphatic rings. The molecular weight excluding hydrogens is 470 g/mol. The van der Waals surface area contributed by atoms with E-state index in [4.69, 9.17) is 0 Å². The lowest BCUT2D eigenvalue weighted by molar-refractivity contribution is -0.153. The van der Waals surface area contributed by atoms with Gasteiger partial charge in [-0.1, -0.05) is 58.4 Å². The van der Waals surface area contributed by atoms with Gasteiger partial charge in [-0.15, -0.1) is 0 Å². The van der Waals surface area contributed by atoms with Crippen LogP contribution in [0, 0.1) is 0 Å². The van der Waals surface area contributed by atoms with Gasteiger partial charge in [0.05, 0.1) is 12.8 Å². The first-order chi connectivity index (χ1) is 14.1. The van der Waals surface area contributed by atoms with Gasteiger partial charge >= 0.3 is 0 Å². The number of sulfonamides is 1. The number of rotatable bonds is 6. The van der Waals surface area contributed by atoms with Crippen molar-refractivity contribution in [1.29, 1.82) is 0 Å². The standard InChI is InChI=1S/C21H24BrN3O4S/c1-21(20(27)23-12-16-7-4-3-5-8-16)15-24(30(2,28)29)14-19(26)25(21)13-17-9-6-10-18(22)11-17/h3-11H,12-15H2,1-2H3,(H,23,27)/t21-/m1/s1. The minimum absolute atomic E-state index is 0.105. The summed E-state index contributed by atoms with van der Waals surface area (Å²) in [5, 5.41) is 2.87. The second-order valence-corrected chi connectivity index (χ2v) is 10.5. The normalized spacial score (nSPS) is 20.2. The van der Waals surface area contributed by atoms with E-state index in [2.05, 4.69) is 21.2 Å². The Balaban J connectivity index is 1.89. The number of halogens is 1. The van der Waals surface area contributed by atoms with Crippen LogP contribution >= 0.6 is 15.9 Å². The molecule has 0 radical (unpaired) electrons. The van der Waals surface area contributed by atoms with Crippen molar-refractivity contribution in [3.05, 3.63) is 70.2 Å². The molecule has 1 saturated heterocycles. The molecule has 3 rings (SSSR count). The maximum absolute atomic E-state index is 13.2. The van der Waals surface area contributed by atoms with E-state index >= 15 is 0 Å². The summed E-state index contributed by atoms with van der Waals surface area (Å²) < 4.78 is 26.2. The highest BCUT2D eigenvalue weighted by molar-refractivity contribution is 9.10. The highest BCUT2D eigenvalue weighted by Crippen LogP contribution is 2.27. The topological polar surface area (TPSA) is 86.8 Å². The third kappa shape index (κ3) is 5.08. The van der Waals surface area contributed by atoms with Gasteiger partial charge in [0.2, 0.25) is 21.8 Å². The fraction of sp³-hybridized carbons (Fsp3) is 0.333. The molecule has 30 heavy (non-hydrogen) atoms. The number of nitrogens with one attached hydrogen (secondary N) is 1. The van der Waals surface area contributed by atoms with E-state index in [1.165, 1.54) is 4.90 Å². The average Bonchev–Trinajstić information content (AvgIpc) is 2.69. The van der Waals surface area contributed by atoms with Crippen molar-refractivity contribution in [3.8, 4) is 0 Å². The van der Waals surface area contributed by atoms with Gasteiger partial charge < -0.3 is 10.2 Å². The van der Waals surface area contributed by atoms with Crippen LogP contribution in [0.3, 0.4) is 0 Å². The molecule has 160 valence electrons.